The van der Waals surface area contributed by atoms with Gasteiger partial charge in [0.15, 0.2) is 0 Å². The van der Waals surface area contributed by atoms with E-state index < -0.39 is 0 Å². The first-order valence-corrected chi connectivity index (χ1v) is 8.80. The summed E-state index contributed by atoms with van der Waals surface area (Å²) in [6.07, 6.45) is 15.9. The maximum absolute atomic E-state index is 2.65. The van der Waals surface area contributed by atoms with Crippen LogP contribution >= 0.6 is 0 Å². The van der Waals surface area contributed by atoms with Crippen molar-refractivity contribution in [2.24, 2.45) is 5.41 Å². The van der Waals surface area contributed by atoms with E-state index in [0.29, 0.717) is 5.41 Å². The molecule has 0 aliphatic carbocycles. The molecule has 1 rings (SSSR count). The van der Waals surface area contributed by atoms with Crippen molar-refractivity contribution in [3.63, 3.8) is 0 Å². The van der Waals surface area contributed by atoms with Crippen LogP contribution in [0.4, 0.5) is 0 Å². The molecule has 0 spiro atoms. The maximum Gasteiger partial charge on any atom is -0.00183 e. The lowest BCUT2D eigenvalue weighted by atomic mass is 9.89. The SMILES string of the molecule is CC(C)(C)CCCCCCCCCCN1CCCC1. The Labute approximate surface area is 122 Å². The van der Waals surface area contributed by atoms with E-state index in [9.17, 15) is 0 Å². The molecule has 0 bridgehead atoms. The fraction of sp³-hybridized carbons (Fsp3) is 1.00. The van der Waals surface area contributed by atoms with Gasteiger partial charge in [0.25, 0.3) is 0 Å². The quantitative estimate of drug-likeness (QED) is 0.463. The van der Waals surface area contributed by atoms with Crippen molar-refractivity contribution in [2.45, 2.75) is 91.4 Å². The molecule has 1 heterocycles. The molecule has 1 nitrogen and oxygen atoms in total. The molecule has 114 valence electrons. The summed E-state index contributed by atoms with van der Waals surface area (Å²) in [6.45, 7) is 11.2. The Hall–Kier alpha value is -0.0400. The van der Waals surface area contributed by atoms with Gasteiger partial charge in [-0.3, -0.25) is 0 Å². The highest BCUT2D eigenvalue weighted by molar-refractivity contribution is 4.65. The standard InChI is InChI=1S/C18H37N/c1-18(2,3)14-10-8-6-4-5-7-9-11-15-19-16-12-13-17-19/h4-17H2,1-3H3. The Morgan fingerprint density at radius 2 is 1.16 bits per heavy atom. The summed E-state index contributed by atoms with van der Waals surface area (Å²) >= 11 is 0. The number of hydrogen-bond donors (Lipinski definition) is 0. The molecular formula is C18H37N. The molecule has 0 aromatic carbocycles. The molecule has 1 aliphatic rings. The van der Waals surface area contributed by atoms with E-state index in [4.69, 9.17) is 0 Å². The van der Waals surface area contributed by atoms with Gasteiger partial charge in [-0.25, -0.2) is 0 Å². The van der Waals surface area contributed by atoms with Crippen LogP contribution in [0.1, 0.15) is 91.4 Å². The summed E-state index contributed by atoms with van der Waals surface area (Å²) in [6, 6.07) is 0. The molecule has 1 heteroatoms. The molecule has 0 aromatic rings. The van der Waals surface area contributed by atoms with Gasteiger partial charge in [-0.15, -0.1) is 0 Å². The predicted octanol–water partition coefficient (Wildman–Crippen LogP) is 5.64. The van der Waals surface area contributed by atoms with Gasteiger partial charge in [-0.2, -0.15) is 0 Å². The van der Waals surface area contributed by atoms with Gasteiger partial charge in [0, 0.05) is 0 Å². The van der Waals surface area contributed by atoms with Crippen molar-refractivity contribution in [1.29, 1.82) is 0 Å². The summed E-state index contributed by atoms with van der Waals surface area (Å²) in [7, 11) is 0. The largest absolute Gasteiger partial charge is 0.303 e. The molecule has 0 aromatic heterocycles. The second-order valence-corrected chi connectivity index (χ2v) is 7.69. The topological polar surface area (TPSA) is 3.24 Å². The number of likely N-dealkylation sites (tertiary alicyclic amines) is 1. The molecule has 0 unspecified atom stereocenters. The lowest BCUT2D eigenvalue weighted by Crippen LogP contribution is -2.20. The number of hydrogen-bond acceptors (Lipinski definition) is 1. The molecule has 0 saturated carbocycles. The van der Waals surface area contributed by atoms with E-state index in [2.05, 4.69) is 25.7 Å². The van der Waals surface area contributed by atoms with Crippen LogP contribution in [0.25, 0.3) is 0 Å². The fourth-order valence-corrected chi connectivity index (χ4v) is 3.06. The summed E-state index contributed by atoms with van der Waals surface area (Å²) in [5, 5.41) is 0. The van der Waals surface area contributed by atoms with E-state index in [0.717, 1.165) is 0 Å². The average molecular weight is 268 g/mol. The minimum absolute atomic E-state index is 0.537. The second-order valence-electron chi connectivity index (χ2n) is 7.69. The van der Waals surface area contributed by atoms with Crippen molar-refractivity contribution in [2.75, 3.05) is 19.6 Å². The lowest BCUT2D eigenvalue weighted by molar-refractivity contribution is 0.327. The molecule has 19 heavy (non-hydrogen) atoms. The van der Waals surface area contributed by atoms with Crippen molar-refractivity contribution in [3.8, 4) is 0 Å². The molecular weight excluding hydrogens is 230 g/mol. The Morgan fingerprint density at radius 3 is 1.68 bits per heavy atom. The number of nitrogens with zero attached hydrogens (tertiary/aromatic N) is 1. The van der Waals surface area contributed by atoms with Crippen LogP contribution in [-0.4, -0.2) is 24.5 Å². The van der Waals surface area contributed by atoms with E-state index >= 15 is 0 Å². The normalized spacial score (nSPS) is 17.2. The zero-order valence-corrected chi connectivity index (χ0v) is 13.8. The minimum Gasteiger partial charge on any atom is -0.303 e. The van der Waals surface area contributed by atoms with Gasteiger partial charge < -0.3 is 4.90 Å². The number of rotatable bonds is 10. The van der Waals surface area contributed by atoms with E-state index in [1.54, 1.807) is 0 Å². The first-order valence-electron chi connectivity index (χ1n) is 8.80. The predicted molar refractivity (Wildman–Crippen MR) is 86.7 cm³/mol. The third kappa shape index (κ3) is 10.4. The van der Waals surface area contributed by atoms with Crippen molar-refractivity contribution >= 4 is 0 Å². The maximum atomic E-state index is 2.65. The van der Waals surface area contributed by atoms with Gasteiger partial charge in [0.05, 0.1) is 0 Å². The Balaban J connectivity index is 1.74. The van der Waals surface area contributed by atoms with Crippen LogP contribution in [-0.2, 0) is 0 Å². The van der Waals surface area contributed by atoms with Crippen molar-refractivity contribution in [3.05, 3.63) is 0 Å². The fourth-order valence-electron chi connectivity index (χ4n) is 3.06. The molecule has 1 aliphatic heterocycles. The highest BCUT2D eigenvalue weighted by atomic mass is 15.1. The van der Waals surface area contributed by atoms with Crippen LogP contribution in [0.5, 0.6) is 0 Å². The van der Waals surface area contributed by atoms with Crippen LogP contribution in [0.3, 0.4) is 0 Å². The summed E-state index contributed by atoms with van der Waals surface area (Å²) < 4.78 is 0. The smallest absolute Gasteiger partial charge is 0.00183 e. The van der Waals surface area contributed by atoms with E-state index in [1.807, 2.05) is 0 Å². The first kappa shape index (κ1) is 17.0. The second kappa shape index (κ2) is 9.80. The van der Waals surface area contributed by atoms with Gasteiger partial charge in [0.1, 0.15) is 0 Å². The lowest BCUT2D eigenvalue weighted by Gasteiger charge is -2.17. The molecule has 1 saturated heterocycles. The third-order valence-electron chi connectivity index (χ3n) is 4.35. The Kier molecular flexibility index (Phi) is 8.77. The monoisotopic (exact) mass is 267 g/mol. The summed E-state index contributed by atoms with van der Waals surface area (Å²) in [5.74, 6) is 0. The Bertz CT molecular complexity index is 198. The summed E-state index contributed by atoms with van der Waals surface area (Å²) in [5.41, 5.74) is 0.537. The molecule has 0 amide bonds. The zero-order chi connectivity index (χ0) is 14.0. The Morgan fingerprint density at radius 1 is 0.684 bits per heavy atom. The molecule has 0 radical (unpaired) electrons. The molecule has 0 N–H and O–H groups in total. The first-order chi connectivity index (χ1) is 9.08. The zero-order valence-electron chi connectivity index (χ0n) is 13.8. The third-order valence-corrected chi connectivity index (χ3v) is 4.35. The van der Waals surface area contributed by atoms with Gasteiger partial charge in [0.2, 0.25) is 0 Å². The van der Waals surface area contributed by atoms with Gasteiger partial charge >= 0.3 is 0 Å². The highest BCUT2D eigenvalue weighted by Gasteiger charge is 2.10. The van der Waals surface area contributed by atoms with E-state index in [1.165, 1.54) is 90.3 Å². The highest BCUT2D eigenvalue weighted by Crippen LogP contribution is 2.22. The van der Waals surface area contributed by atoms with Crippen LogP contribution in [0.2, 0.25) is 0 Å². The van der Waals surface area contributed by atoms with Crippen molar-refractivity contribution in [1.82, 2.24) is 4.90 Å². The van der Waals surface area contributed by atoms with Crippen LogP contribution in [0, 0.1) is 5.41 Å². The molecule has 0 atom stereocenters. The van der Waals surface area contributed by atoms with Gasteiger partial charge in [-0.1, -0.05) is 65.7 Å². The number of unbranched alkanes of at least 4 members (excludes halogenated alkanes) is 7. The average Bonchev–Trinajstić information content (AvgIpc) is 2.83. The molecule has 1 fully saturated rings. The minimum atomic E-state index is 0.537. The van der Waals surface area contributed by atoms with E-state index in [-0.39, 0.29) is 0 Å². The van der Waals surface area contributed by atoms with Crippen LogP contribution < -0.4 is 0 Å². The van der Waals surface area contributed by atoms with Gasteiger partial charge in [-0.05, 0) is 50.7 Å². The van der Waals surface area contributed by atoms with Crippen molar-refractivity contribution < 1.29 is 0 Å². The van der Waals surface area contributed by atoms with Crippen LogP contribution in [0.15, 0.2) is 0 Å². The summed E-state index contributed by atoms with van der Waals surface area (Å²) in [4.78, 5) is 2.65.